The molecule has 1 aromatic heterocycles. The van der Waals surface area contributed by atoms with Crippen LogP contribution in [-0.2, 0) is 6.54 Å². The standard InChI is InChI=1S/C10H9N3O/c11-7-5-13-9(14)4-12-8-3-1-2-6(7)10(8)13/h1-4,7H,5,11H2. The van der Waals surface area contributed by atoms with Gasteiger partial charge in [-0.3, -0.25) is 4.79 Å². The van der Waals surface area contributed by atoms with Gasteiger partial charge in [-0.15, -0.1) is 0 Å². The molecule has 0 amide bonds. The van der Waals surface area contributed by atoms with Crippen molar-refractivity contribution >= 4 is 11.0 Å². The largest absolute Gasteiger partial charge is 0.322 e. The minimum Gasteiger partial charge on any atom is -0.322 e. The summed E-state index contributed by atoms with van der Waals surface area (Å²) >= 11 is 0. The predicted molar refractivity (Wildman–Crippen MR) is 52.9 cm³/mol. The summed E-state index contributed by atoms with van der Waals surface area (Å²) < 4.78 is 1.70. The van der Waals surface area contributed by atoms with Crippen molar-refractivity contribution < 1.29 is 0 Å². The monoisotopic (exact) mass is 187 g/mol. The van der Waals surface area contributed by atoms with Crippen LogP contribution in [0.3, 0.4) is 0 Å². The molecule has 1 aliphatic rings. The second-order valence-corrected chi connectivity index (χ2v) is 3.53. The Morgan fingerprint density at radius 1 is 1.50 bits per heavy atom. The van der Waals surface area contributed by atoms with Crippen molar-refractivity contribution in [2.24, 2.45) is 5.73 Å². The maximum absolute atomic E-state index is 11.5. The second-order valence-electron chi connectivity index (χ2n) is 3.53. The predicted octanol–water partition coefficient (Wildman–Crippen LogP) is 0.410. The van der Waals surface area contributed by atoms with Crippen LogP contribution in [0.4, 0.5) is 0 Å². The van der Waals surface area contributed by atoms with Gasteiger partial charge in [-0.1, -0.05) is 12.1 Å². The van der Waals surface area contributed by atoms with E-state index in [4.69, 9.17) is 5.73 Å². The highest BCUT2D eigenvalue weighted by Crippen LogP contribution is 2.27. The molecule has 2 aromatic rings. The van der Waals surface area contributed by atoms with Crippen molar-refractivity contribution in [1.29, 1.82) is 0 Å². The van der Waals surface area contributed by atoms with E-state index >= 15 is 0 Å². The third-order valence-corrected chi connectivity index (χ3v) is 2.67. The van der Waals surface area contributed by atoms with E-state index < -0.39 is 0 Å². The molecular weight excluding hydrogens is 178 g/mol. The van der Waals surface area contributed by atoms with E-state index in [1.165, 1.54) is 6.20 Å². The fourth-order valence-corrected chi connectivity index (χ4v) is 2.03. The highest BCUT2D eigenvalue weighted by Gasteiger charge is 2.21. The zero-order chi connectivity index (χ0) is 9.71. The molecule has 14 heavy (non-hydrogen) atoms. The Hall–Kier alpha value is -1.68. The lowest BCUT2D eigenvalue weighted by molar-refractivity contribution is 0.619. The molecule has 0 saturated carbocycles. The molecule has 0 spiro atoms. The molecule has 2 N–H and O–H groups in total. The van der Waals surface area contributed by atoms with Crippen LogP contribution in [0.1, 0.15) is 11.6 Å². The Morgan fingerprint density at radius 3 is 3.21 bits per heavy atom. The van der Waals surface area contributed by atoms with E-state index in [1.807, 2.05) is 18.2 Å². The van der Waals surface area contributed by atoms with Gasteiger partial charge in [-0.2, -0.15) is 0 Å². The first kappa shape index (κ1) is 7.70. The van der Waals surface area contributed by atoms with Gasteiger partial charge in [0.15, 0.2) is 0 Å². The van der Waals surface area contributed by atoms with Gasteiger partial charge in [-0.25, -0.2) is 4.98 Å². The second kappa shape index (κ2) is 2.42. The van der Waals surface area contributed by atoms with E-state index in [1.54, 1.807) is 4.57 Å². The molecule has 0 bridgehead atoms. The summed E-state index contributed by atoms with van der Waals surface area (Å²) in [5, 5.41) is 0. The number of benzene rings is 1. The molecule has 1 unspecified atom stereocenters. The molecule has 1 atom stereocenters. The molecule has 0 radical (unpaired) electrons. The number of hydrogen-bond acceptors (Lipinski definition) is 3. The van der Waals surface area contributed by atoms with Gasteiger partial charge < -0.3 is 10.3 Å². The number of aromatic nitrogens is 2. The summed E-state index contributed by atoms with van der Waals surface area (Å²) in [7, 11) is 0. The van der Waals surface area contributed by atoms with Crippen molar-refractivity contribution in [2.45, 2.75) is 12.6 Å². The number of nitrogens with zero attached hydrogens (tertiary/aromatic N) is 2. The van der Waals surface area contributed by atoms with E-state index in [0.717, 1.165) is 16.6 Å². The van der Waals surface area contributed by atoms with Crippen molar-refractivity contribution in [3.05, 3.63) is 40.3 Å². The van der Waals surface area contributed by atoms with Crippen LogP contribution in [0.2, 0.25) is 0 Å². The summed E-state index contributed by atoms with van der Waals surface area (Å²) in [5.41, 5.74) is 8.61. The smallest absolute Gasteiger partial charge is 0.269 e. The first-order chi connectivity index (χ1) is 6.77. The molecule has 4 heteroatoms. The lowest BCUT2D eigenvalue weighted by Gasteiger charge is -2.00. The molecular formula is C10H9N3O. The molecule has 1 aromatic carbocycles. The Bertz CT molecular complexity index is 573. The molecule has 0 aliphatic carbocycles. The van der Waals surface area contributed by atoms with Crippen LogP contribution in [0, 0.1) is 0 Å². The average molecular weight is 187 g/mol. The van der Waals surface area contributed by atoms with Crippen LogP contribution in [0.15, 0.2) is 29.2 Å². The quantitative estimate of drug-likeness (QED) is 0.649. The Kier molecular flexibility index (Phi) is 1.33. The van der Waals surface area contributed by atoms with Gasteiger partial charge in [0, 0.05) is 12.6 Å². The number of nitrogens with two attached hydrogens (primary N) is 1. The van der Waals surface area contributed by atoms with E-state index in [9.17, 15) is 4.79 Å². The molecule has 70 valence electrons. The van der Waals surface area contributed by atoms with Gasteiger partial charge in [0.2, 0.25) is 0 Å². The van der Waals surface area contributed by atoms with Crippen LogP contribution in [-0.4, -0.2) is 9.55 Å². The van der Waals surface area contributed by atoms with Crippen LogP contribution < -0.4 is 11.3 Å². The maximum atomic E-state index is 11.5. The van der Waals surface area contributed by atoms with Gasteiger partial charge in [0.25, 0.3) is 5.56 Å². The van der Waals surface area contributed by atoms with Crippen molar-refractivity contribution in [3.8, 4) is 0 Å². The zero-order valence-electron chi connectivity index (χ0n) is 7.47. The molecule has 3 rings (SSSR count). The fraction of sp³-hybridized carbons (Fsp3) is 0.200. The van der Waals surface area contributed by atoms with Crippen LogP contribution in [0.5, 0.6) is 0 Å². The van der Waals surface area contributed by atoms with Crippen molar-refractivity contribution in [2.75, 3.05) is 0 Å². The Morgan fingerprint density at radius 2 is 2.36 bits per heavy atom. The van der Waals surface area contributed by atoms with Gasteiger partial charge >= 0.3 is 0 Å². The maximum Gasteiger partial charge on any atom is 0.269 e. The normalized spacial score (nSPS) is 19.1. The van der Waals surface area contributed by atoms with Crippen LogP contribution in [0.25, 0.3) is 11.0 Å². The summed E-state index contributed by atoms with van der Waals surface area (Å²) in [6.07, 6.45) is 1.35. The van der Waals surface area contributed by atoms with Crippen molar-refractivity contribution in [3.63, 3.8) is 0 Å². The number of para-hydroxylation sites is 1. The van der Waals surface area contributed by atoms with Gasteiger partial charge in [0.1, 0.15) is 0 Å². The molecule has 2 heterocycles. The topological polar surface area (TPSA) is 60.9 Å². The lowest BCUT2D eigenvalue weighted by atomic mass is 10.1. The van der Waals surface area contributed by atoms with Crippen LogP contribution >= 0.6 is 0 Å². The molecule has 0 saturated heterocycles. The molecule has 4 nitrogen and oxygen atoms in total. The van der Waals surface area contributed by atoms with Gasteiger partial charge in [0.05, 0.1) is 17.2 Å². The summed E-state index contributed by atoms with van der Waals surface area (Å²) in [5.74, 6) is 0. The number of hydrogen-bond donors (Lipinski definition) is 1. The highest BCUT2D eigenvalue weighted by molar-refractivity contribution is 5.80. The summed E-state index contributed by atoms with van der Waals surface area (Å²) in [6.45, 7) is 0.567. The molecule has 0 fully saturated rings. The summed E-state index contributed by atoms with van der Waals surface area (Å²) in [4.78, 5) is 15.6. The minimum absolute atomic E-state index is 0.0714. The van der Waals surface area contributed by atoms with E-state index in [2.05, 4.69) is 4.98 Å². The minimum atomic E-state index is -0.0735. The summed E-state index contributed by atoms with van der Waals surface area (Å²) in [6, 6.07) is 5.70. The first-order valence-electron chi connectivity index (χ1n) is 4.51. The highest BCUT2D eigenvalue weighted by atomic mass is 16.1. The van der Waals surface area contributed by atoms with Crippen molar-refractivity contribution in [1.82, 2.24) is 9.55 Å². The van der Waals surface area contributed by atoms with Gasteiger partial charge in [-0.05, 0) is 11.6 Å². The Labute approximate surface area is 80.0 Å². The third kappa shape index (κ3) is 0.807. The lowest BCUT2D eigenvalue weighted by Crippen LogP contribution is -2.20. The van der Waals surface area contributed by atoms with E-state index in [-0.39, 0.29) is 11.6 Å². The third-order valence-electron chi connectivity index (χ3n) is 2.67. The number of rotatable bonds is 0. The zero-order valence-corrected chi connectivity index (χ0v) is 7.47. The SMILES string of the molecule is NC1Cn2c(=O)cnc3cccc1c32. The fourth-order valence-electron chi connectivity index (χ4n) is 2.03. The Balaban J connectivity index is 2.58. The first-order valence-corrected chi connectivity index (χ1v) is 4.51. The average Bonchev–Trinajstić information content (AvgIpc) is 2.53. The molecule has 1 aliphatic heterocycles. The van der Waals surface area contributed by atoms with E-state index in [0.29, 0.717) is 6.54 Å².